The summed E-state index contributed by atoms with van der Waals surface area (Å²) >= 11 is 0. The van der Waals surface area contributed by atoms with Crippen molar-refractivity contribution >= 4 is 5.57 Å². The van der Waals surface area contributed by atoms with Crippen LogP contribution in [0.15, 0.2) is 54.1 Å². The molecule has 0 heterocycles. The molecule has 2 aromatic rings. The van der Waals surface area contributed by atoms with Gasteiger partial charge in [-0.05, 0) is 79.0 Å². The van der Waals surface area contributed by atoms with Crippen LogP contribution in [0.5, 0.6) is 11.5 Å². The van der Waals surface area contributed by atoms with Gasteiger partial charge in [0.2, 0.25) is 0 Å². The molecule has 33 heavy (non-hydrogen) atoms. The molecular weight excluding hydrogens is 452 g/mol. The van der Waals surface area contributed by atoms with Crippen molar-refractivity contribution in [2.75, 3.05) is 6.61 Å². The van der Waals surface area contributed by atoms with Crippen molar-refractivity contribution in [3.63, 3.8) is 0 Å². The summed E-state index contributed by atoms with van der Waals surface area (Å²) in [7, 11) is 0. The smallest absolute Gasteiger partial charge is 0.115 e. The number of aliphatic hydroxyl groups is 1. The van der Waals surface area contributed by atoms with Gasteiger partial charge in [0.1, 0.15) is 11.5 Å². The molecule has 2 fully saturated rings. The fraction of sp³-hybridized carbons (Fsp3) is 0.517. The molecule has 0 saturated heterocycles. The molecule has 2 aliphatic carbocycles. The largest absolute Gasteiger partial charge is 0.508 e. The maximum absolute atomic E-state index is 9.69. The van der Waals surface area contributed by atoms with Gasteiger partial charge >= 0.3 is 0 Å². The van der Waals surface area contributed by atoms with Crippen LogP contribution in [0.25, 0.3) is 5.57 Å². The summed E-state index contributed by atoms with van der Waals surface area (Å²) < 4.78 is 0. The van der Waals surface area contributed by atoms with E-state index >= 15 is 0 Å². The van der Waals surface area contributed by atoms with Crippen molar-refractivity contribution in [2.24, 2.45) is 5.92 Å². The number of hydrogen-bond donors (Lipinski definition) is 3. The molecule has 0 aromatic heterocycles. The first-order valence-corrected chi connectivity index (χ1v) is 12.1. The first-order valence-electron chi connectivity index (χ1n) is 12.1. The van der Waals surface area contributed by atoms with Gasteiger partial charge in [0, 0.05) is 23.7 Å². The topological polar surface area (TPSA) is 60.7 Å². The van der Waals surface area contributed by atoms with E-state index in [1.165, 1.54) is 68.9 Å². The van der Waals surface area contributed by atoms with Gasteiger partial charge in [-0.2, -0.15) is 0 Å². The van der Waals surface area contributed by atoms with Crippen molar-refractivity contribution in [1.82, 2.24) is 0 Å². The number of hydrogen-bond acceptors (Lipinski definition) is 3. The van der Waals surface area contributed by atoms with Crippen LogP contribution in [-0.4, -0.2) is 21.9 Å². The number of benzene rings is 2. The maximum Gasteiger partial charge on any atom is 0.115 e. The fourth-order valence-corrected chi connectivity index (χ4v) is 4.91. The number of aliphatic hydroxyl groups excluding tert-OH is 1. The minimum atomic E-state index is 0. The van der Waals surface area contributed by atoms with Gasteiger partial charge in [0.25, 0.3) is 0 Å². The number of phenols is 2. The summed E-state index contributed by atoms with van der Waals surface area (Å²) in [5.74, 6) is 1.11. The van der Waals surface area contributed by atoms with E-state index in [0.29, 0.717) is 5.92 Å². The summed E-state index contributed by atoms with van der Waals surface area (Å²) in [4.78, 5) is 0. The summed E-state index contributed by atoms with van der Waals surface area (Å²) in [6, 6.07) is 14.8. The van der Waals surface area contributed by atoms with Gasteiger partial charge in [-0.15, -0.1) is 0 Å². The molecule has 3 N–H and O–H groups in total. The number of aromatic hydroxyl groups is 2. The van der Waals surface area contributed by atoms with Gasteiger partial charge in [-0.25, -0.2) is 0 Å². The Labute approximate surface area is 211 Å². The molecule has 2 aliphatic rings. The van der Waals surface area contributed by atoms with Crippen LogP contribution in [0.3, 0.4) is 0 Å². The van der Waals surface area contributed by atoms with E-state index in [9.17, 15) is 15.3 Å². The summed E-state index contributed by atoms with van der Waals surface area (Å²) in [5.41, 5.74) is 4.86. The minimum Gasteiger partial charge on any atom is -0.508 e. The zero-order valence-electron chi connectivity index (χ0n) is 19.1. The van der Waals surface area contributed by atoms with E-state index in [-0.39, 0.29) is 42.6 Å². The molecular formula is C29H42FeO3. The van der Waals surface area contributed by atoms with Gasteiger partial charge in [-0.1, -0.05) is 82.2 Å². The standard InChI is InChI=1S/C23H28O3.C5H10.CH4.Fe/c24-16-4-3-7-22(17-5-1-2-6-17)23(18-8-12-20(25)13-9-18)19-10-14-21(26)15-11-19;1-2-4-5-3-1;;/h8-15,17,24-26H,1-7,16H2;1-5H2;1H4;. The molecule has 184 valence electrons. The molecule has 0 radical (unpaired) electrons. The summed E-state index contributed by atoms with van der Waals surface area (Å²) in [6.45, 7) is 0.228. The van der Waals surface area contributed by atoms with Crippen LogP contribution >= 0.6 is 0 Å². The van der Waals surface area contributed by atoms with Gasteiger partial charge in [0.05, 0.1) is 0 Å². The van der Waals surface area contributed by atoms with Crippen molar-refractivity contribution in [3.8, 4) is 11.5 Å². The van der Waals surface area contributed by atoms with Crippen LogP contribution in [0, 0.1) is 5.92 Å². The number of phenolic OH excluding ortho intramolecular Hbond substituents is 2. The van der Waals surface area contributed by atoms with Crippen LogP contribution in [0.1, 0.15) is 95.6 Å². The fourth-order valence-electron chi connectivity index (χ4n) is 4.91. The molecule has 3 nitrogen and oxygen atoms in total. The maximum atomic E-state index is 9.69. The molecule has 0 unspecified atom stereocenters. The van der Waals surface area contributed by atoms with Gasteiger partial charge < -0.3 is 15.3 Å². The molecule has 2 aromatic carbocycles. The second-order valence-electron chi connectivity index (χ2n) is 8.92. The van der Waals surface area contributed by atoms with Gasteiger partial charge in [-0.3, -0.25) is 0 Å². The Morgan fingerprint density at radius 3 is 1.48 bits per heavy atom. The van der Waals surface area contributed by atoms with E-state index in [2.05, 4.69) is 0 Å². The van der Waals surface area contributed by atoms with E-state index in [4.69, 9.17) is 0 Å². The van der Waals surface area contributed by atoms with E-state index in [0.717, 1.165) is 30.4 Å². The molecule has 2 saturated carbocycles. The van der Waals surface area contributed by atoms with Crippen molar-refractivity contribution < 1.29 is 32.4 Å². The Kier molecular flexibility index (Phi) is 14.2. The third-order valence-electron chi connectivity index (χ3n) is 6.59. The van der Waals surface area contributed by atoms with Gasteiger partial charge in [0.15, 0.2) is 0 Å². The first-order chi connectivity index (χ1) is 15.2. The predicted octanol–water partition coefficient (Wildman–Crippen LogP) is 7.84. The second-order valence-corrected chi connectivity index (χ2v) is 8.92. The normalized spacial score (nSPS) is 15.1. The Morgan fingerprint density at radius 1 is 0.667 bits per heavy atom. The van der Waals surface area contributed by atoms with Crippen LogP contribution in [-0.2, 0) is 17.1 Å². The molecule has 0 spiro atoms. The Hall–Kier alpha value is -1.74. The number of allylic oxidation sites excluding steroid dienone is 1. The molecule has 4 heteroatoms. The SMILES string of the molecule is C.C1CCCC1.OCCCCC(=C(c1ccc(O)cc1)c1ccc(O)cc1)C1CCCC1.[Fe]. The molecule has 4 rings (SSSR count). The third-order valence-corrected chi connectivity index (χ3v) is 6.59. The predicted molar refractivity (Wildman–Crippen MR) is 135 cm³/mol. The number of rotatable bonds is 7. The summed E-state index contributed by atoms with van der Waals surface area (Å²) in [6.07, 6.45) is 15.2. The first kappa shape index (κ1) is 29.3. The van der Waals surface area contributed by atoms with Crippen molar-refractivity contribution in [1.29, 1.82) is 0 Å². The zero-order chi connectivity index (χ0) is 21.9. The third kappa shape index (κ3) is 9.20. The molecule has 0 atom stereocenters. The Bertz CT molecular complexity index is 747. The summed E-state index contributed by atoms with van der Waals surface area (Å²) in [5, 5.41) is 28.6. The van der Waals surface area contributed by atoms with Crippen LogP contribution < -0.4 is 0 Å². The van der Waals surface area contributed by atoms with Crippen LogP contribution in [0.4, 0.5) is 0 Å². The van der Waals surface area contributed by atoms with Crippen molar-refractivity contribution in [3.05, 3.63) is 65.2 Å². The average molecular weight is 494 g/mol. The van der Waals surface area contributed by atoms with E-state index in [1.54, 1.807) is 24.3 Å². The number of unbranched alkanes of at least 4 members (excludes halogenated alkanes) is 1. The molecule has 0 aliphatic heterocycles. The molecule has 0 amide bonds. The van der Waals surface area contributed by atoms with Crippen molar-refractivity contribution in [2.45, 2.75) is 84.5 Å². The Morgan fingerprint density at radius 2 is 1.09 bits per heavy atom. The zero-order valence-corrected chi connectivity index (χ0v) is 20.2. The Balaban J connectivity index is 0.000000689. The second kappa shape index (κ2) is 16.0. The van der Waals surface area contributed by atoms with E-state index < -0.39 is 0 Å². The van der Waals surface area contributed by atoms with Crippen LogP contribution in [0.2, 0.25) is 0 Å². The monoisotopic (exact) mass is 494 g/mol. The quantitative estimate of drug-likeness (QED) is 0.271. The minimum absolute atomic E-state index is 0. The average Bonchev–Trinajstić information content (AvgIpc) is 3.52. The van der Waals surface area contributed by atoms with E-state index in [1.807, 2.05) is 24.3 Å². The molecule has 0 bridgehead atoms.